The molecule has 1 atom stereocenters. The van der Waals surface area contributed by atoms with Gasteiger partial charge in [0.15, 0.2) is 6.10 Å². The normalized spacial score (nSPS) is 12.8. The fraction of sp³-hybridized carbons (Fsp3) is 0.712. The Hall–Kier alpha value is -3.93. The van der Waals surface area contributed by atoms with Crippen molar-refractivity contribution in [3.63, 3.8) is 0 Å². The number of hydrogen-bond acceptors (Lipinski definition) is 6. The van der Waals surface area contributed by atoms with Crippen LogP contribution in [0, 0.1) is 0 Å². The minimum atomic E-state index is -0.823. The Balaban J connectivity index is 4.24. The minimum Gasteiger partial charge on any atom is -0.462 e. The summed E-state index contributed by atoms with van der Waals surface area (Å²) in [6, 6.07) is 0. The standard InChI is InChI=1S/C73H124O6/c1-4-7-10-13-16-19-22-24-26-28-30-31-32-33-34-35-36-37-38-39-40-41-43-44-46-48-51-54-57-60-63-66-72(75)78-69-70(68-77-71(74)65-62-59-56-53-50-21-18-15-12-9-6-3)79-73(76)67-64-61-58-55-52-49-47-45-42-29-27-25-23-20-17-14-11-8-5-2/h8,11,15,17-18,20,22,24-25,27-28,30,42,45,49,52,58,61,70H,4-7,9-10,12-14,16,19,21,23,26,29,31-41,43-44,46-48,50-51,53-57,59-60,62-69H2,1-3H3/b11-8-,18-15-,20-17-,24-22-,27-25-,30-28-,45-42-,52-49-,61-58-. The smallest absolute Gasteiger partial charge is 0.306 e. The zero-order chi connectivity index (χ0) is 57.1. The molecule has 452 valence electrons. The van der Waals surface area contributed by atoms with Gasteiger partial charge in [-0.3, -0.25) is 14.4 Å². The molecule has 0 aromatic rings. The van der Waals surface area contributed by atoms with Crippen molar-refractivity contribution in [1.82, 2.24) is 0 Å². The Bertz CT molecular complexity index is 1590. The Kier molecular flexibility index (Phi) is 63.3. The van der Waals surface area contributed by atoms with Gasteiger partial charge < -0.3 is 14.2 Å². The fourth-order valence-corrected chi connectivity index (χ4v) is 9.25. The van der Waals surface area contributed by atoms with E-state index in [9.17, 15) is 14.4 Å². The lowest BCUT2D eigenvalue weighted by Gasteiger charge is -2.18. The van der Waals surface area contributed by atoms with E-state index in [1.807, 2.05) is 6.08 Å². The van der Waals surface area contributed by atoms with Gasteiger partial charge in [-0.05, 0) is 109 Å². The number of ether oxygens (including phenoxy) is 3. The van der Waals surface area contributed by atoms with Gasteiger partial charge in [0.25, 0.3) is 0 Å². The van der Waals surface area contributed by atoms with Gasteiger partial charge in [0, 0.05) is 19.3 Å². The highest BCUT2D eigenvalue weighted by Crippen LogP contribution is 2.17. The zero-order valence-corrected chi connectivity index (χ0v) is 51.9. The van der Waals surface area contributed by atoms with Crippen LogP contribution in [0.5, 0.6) is 0 Å². The largest absolute Gasteiger partial charge is 0.462 e. The minimum absolute atomic E-state index is 0.110. The summed E-state index contributed by atoms with van der Waals surface area (Å²) in [5, 5.41) is 0. The van der Waals surface area contributed by atoms with Gasteiger partial charge in [0.2, 0.25) is 0 Å². The summed E-state index contributed by atoms with van der Waals surface area (Å²) in [5.41, 5.74) is 0. The second kappa shape index (κ2) is 66.6. The summed E-state index contributed by atoms with van der Waals surface area (Å²) in [6.45, 7) is 6.43. The van der Waals surface area contributed by atoms with E-state index in [0.717, 1.165) is 96.3 Å². The molecule has 0 aliphatic carbocycles. The van der Waals surface area contributed by atoms with Crippen molar-refractivity contribution in [2.24, 2.45) is 0 Å². The molecule has 0 aliphatic heterocycles. The van der Waals surface area contributed by atoms with E-state index in [2.05, 4.69) is 124 Å². The predicted molar refractivity (Wildman–Crippen MR) is 343 cm³/mol. The Labute approximate surface area is 489 Å². The topological polar surface area (TPSA) is 78.9 Å². The van der Waals surface area contributed by atoms with Gasteiger partial charge in [0.05, 0.1) is 0 Å². The number of rotatable bonds is 60. The number of unbranched alkanes of at least 4 members (excludes halogenated alkanes) is 31. The monoisotopic (exact) mass is 1100 g/mol. The van der Waals surface area contributed by atoms with Crippen molar-refractivity contribution in [3.05, 3.63) is 109 Å². The van der Waals surface area contributed by atoms with E-state index in [4.69, 9.17) is 14.2 Å². The summed E-state index contributed by atoms with van der Waals surface area (Å²) in [7, 11) is 0. The summed E-state index contributed by atoms with van der Waals surface area (Å²) >= 11 is 0. The van der Waals surface area contributed by atoms with Crippen LogP contribution in [-0.4, -0.2) is 37.2 Å². The van der Waals surface area contributed by atoms with E-state index in [1.54, 1.807) is 0 Å². The van der Waals surface area contributed by atoms with Gasteiger partial charge >= 0.3 is 17.9 Å². The molecule has 0 aromatic carbocycles. The van der Waals surface area contributed by atoms with Crippen LogP contribution in [0.4, 0.5) is 0 Å². The van der Waals surface area contributed by atoms with Gasteiger partial charge in [0.1, 0.15) is 13.2 Å². The highest BCUT2D eigenvalue weighted by Gasteiger charge is 2.19. The lowest BCUT2D eigenvalue weighted by Crippen LogP contribution is -2.30. The third-order valence-corrected chi connectivity index (χ3v) is 14.2. The molecule has 0 saturated heterocycles. The molecule has 0 aliphatic rings. The highest BCUT2D eigenvalue weighted by molar-refractivity contribution is 5.71. The number of esters is 3. The summed E-state index contributed by atoms with van der Waals surface area (Å²) in [5.74, 6) is -0.998. The SMILES string of the molecule is CC/C=C\C/C=C\C/C=C\C/C=C\C/C=C\C/C=C\CCC(=O)OC(COC(=O)CCCCCCC/C=C\CCCC)COC(=O)CCCCCCCCCCCCCCCCCCCCC/C=C\C/C=C\CCCCCCC. The molecule has 0 bridgehead atoms. The first-order chi connectivity index (χ1) is 39.0. The number of carbonyl (C=O) groups excluding carboxylic acids is 3. The van der Waals surface area contributed by atoms with Crippen LogP contribution in [-0.2, 0) is 28.6 Å². The van der Waals surface area contributed by atoms with E-state index in [1.165, 1.54) is 173 Å². The van der Waals surface area contributed by atoms with E-state index in [0.29, 0.717) is 19.3 Å². The summed E-state index contributed by atoms with van der Waals surface area (Å²) in [4.78, 5) is 38.2. The first-order valence-corrected chi connectivity index (χ1v) is 33.4. The van der Waals surface area contributed by atoms with Crippen molar-refractivity contribution >= 4 is 17.9 Å². The van der Waals surface area contributed by atoms with E-state index >= 15 is 0 Å². The first-order valence-electron chi connectivity index (χ1n) is 33.4. The van der Waals surface area contributed by atoms with Gasteiger partial charge in [-0.15, -0.1) is 0 Å². The molecule has 0 spiro atoms. The molecule has 0 rings (SSSR count). The van der Waals surface area contributed by atoms with Crippen LogP contribution >= 0.6 is 0 Å². The zero-order valence-electron chi connectivity index (χ0n) is 51.9. The van der Waals surface area contributed by atoms with Gasteiger partial charge in [-0.1, -0.05) is 297 Å². The fourth-order valence-electron chi connectivity index (χ4n) is 9.25. The van der Waals surface area contributed by atoms with Crippen LogP contribution in [0.3, 0.4) is 0 Å². The maximum Gasteiger partial charge on any atom is 0.306 e. The summed E-state index contributed by atoms with van der Waals surface area (Å²) in [6.07, 6.45) is 91.4. The molecule has 0 fully saturated rings. The molecule has 0 aromatic heterocycles. The van der Waals surface area contributed by atoms with Gasteiger partial charge in [-0.2, -0.15) is 0 Å². The molecule has 79 heavy (non-hydrogen) atoms. The predicted octanol–water partition coefficient (Wildman–Crippen LogP) is 23.0. The van der Waals surface area contributed by atoms with Crippen molar-refractivity contribution in [2.75, 3.05) is 13.2 Å². The molecule has 0 N–H and O–H groups in total. The van der Waals surface area contributed by atoms with Crippen LogP contribution in [0.1, 0.15) is 316 Å². The molecular formula is C73H124O6. The summed E-state index contributed by atoms with van der Waals surface area (Å²) < 4.78 is 16.8. The van der Waals surface area contributed by atoms with Crippen molar-refractivity contribution in [3.8, 4) is 0 Å². The van der Waals surface area contributed by atoms with Crippen LogP contribution in [0.15, 0.2) is 109 Å². The van der Waals surface area contributed by atoms with Crippen molar-refractivity contribution in [2.45, 2.75) is 322 Å². The number of hydrogen-bond donors (Lipinski definition) is 0. The van der Waals surface area contributed by atoms with Crippen LogP contribution < -0.4 is 0 Å². The molecule has 0 radical (unpaired) electrons. The van der Waals surface area contributed by atoms with Crippen LogP contribution in [0.2, 0.25) is 0 Å². The molecule has 0 amide bonds. The van der Waals surface area contributed by atoms with Gasteiger partial charge in [-0.25, -0.2) is 0 Å². The quantitative estimate of drug-likeness (QED) is 0.0261. The third kappa shape index (κ3) is 64.8. The molecule has 6 nitrogen and oxygen atoms in total. The lowest BCUT2D eigenvalue weighted by atomic mass is 10.0. The average Bonchev–Trinajstić information content (AvgIpc) is 3.45. The molecule has 1 unspecified atom stereocenters. The lowest BCUT2D eigenvalue weighted by molar-refractivity contribution is -0.166. The molecule has 0 saturated carbocycles. The molecule has 6 heteroatoms. The molecule has 0 heterocycles. The van der Waals surface area contributed by atoms with Crippen molar-refractivity contribution < 1.29 is 28.6 Å². The van der Waals surface area contributed by atoms with Crippen molar-refractivity contribution in [1.29, 1.82) is 0 Å². The second-order valence-corrected chi connectivity index (χ2v) is 22.0. The Morgan fingerprint density at radius 1 is 0.266 bits per heavy atom. The maximum atomic E-state index is 12.9. The van der Waals surface area contributed by atoms with E-state index < -0.39 is 12.1 Å². The third-order valence-electron chi connectivity index (χ3n) is 14.2. The highest BCUT2D eigenvalue weighted by atomic mass is 16.6. The Morgan fingerprint density at radius 3 is 0.873 bits per heavy atom. The second-order valence-electron chi connectivity index (χ2n) is 22.0. The molecular weight excluding hydrogens is 973 g/mol. The number of allylic oxidation sites excluding steroid dienone is 18. The average molecular weight is 1100 g/mol. The Morgan fingerprint density at radius 2 is 0.532 bits per heavy atom. The van der Waals surface area contributed by atoms with E-state index in [-0.39, 0.29) is 31.6 Å². The first kappa shape index (κ1) is 75.1. The maximum absolute atomic E-state index is 12.9. The number of carbonyl (C=O) groups is 3. The van der Waals surface area contributed by atoms with Crippen LogP contribution in [0.25, 0.3) is 0 Å².